The molecule has 9 nitrogen and oxygen atoms in total. The number of rotatable bonds is 8. The summed E-state index contributed by atoms with van der Waals surface area (Å²) in [5.41, 5.74) is 4.87. The highest BCUT2D eigenvalue weighted by Gasteiger charge is 2.37. The van der Waals surface area contributed by atoms with Crippen LogP contribution in [0.5, 0.6) is 6.01 Å². The number of likely N-dealkylation sites (N-methyl/N-ethyl adjacent to an activating group) is 2. The first kappa shape index (κ1) is 28.3. The lowest BCUT2D eigenvalue weighted by atomic mass is 9.99. The Morgan fingerprint density at radius 1 is 0.930 bits per heavy atom. The zero-order valence-corrected chi connectivity index (χ0v) is 25.9. The van der Waals surface area contributed by atoms with Crippen LogP contribution >= 0.6 is 0 Å². The molecule has 3 aromatic rings. The van der Waals surface area contributed by atoms with Gasteiger partial charge < -0.3 is 19.4 Å². The highest BCUT2D eigenvalue weighted by atomic mass is 16.5. The van der Waals surface area contributed by atoms with Gasteiger partial charge in [0.1, 0.15) is 12.4 Å². The second kappa shape index (κ2) is 11.9. The molecular formula is C34H44N8O. The van der Waals surface area contributed by atoms with E-state index in [0.717, 1.165) is 76.7 Å². The summed E-state index contributed by atoms with van der Waals surface area (Å²) < 4.78 is 6.38. The maximum absolute atomic E-state index is 9.70. The van der Waals surface area contributed by atoms with Crippen molar-refractivity contribution in [2.75, 3.05) is 76.3 Å². The van der Waals surface area contributed by atoms with E-state index in [-0.39, 0.29) is 6.04 Å². The largest absolute Gasteiger partial charge is 0.462 e. The number of benzene rings is 2. The van der Waals surface area contributed by atoms with Gasteiger partial charge in [0.25, 0.3) is 0 Å². The van der Waals surface area contributed by atoms with E-state index < -0.39 is 0 Å². The van der Waals surface area contributed by atoms with Crippen LogP contribution in [-0.2, 0) is 13.0 Å². The number of hydrogen-bond acceptors (Lipinski definition) is 9. The standard InChI is InChI=1S/C34H44N8O/c1-24-7-4-8-25-9-5-11-31(32(24)25)41-16-13-29-30(22-41)36-34(43-23-27-10-6-15-38(27)2)37-33(29)42-18-17-40(21-28-19-39(28)3)26(20-42)12-14-35/h4-5,7-9,11,26-28H,6,10,12-13,15-23H2,1-3H3/t26-,27-,28-,39?/m0/s1. The first-order valence-corrected chi connectivity index (χ1v) is 16.0. The summed E-state index contributed by atoms with van der Waals surface area (Å²) in [6.07, 6.45) is 3.78. The number of aryl methyl sites for hydroxylation is 1. The summed E-state index contributed by atoms with van der Waals surface area (Å²) in [5.74, 6) is 1.01. The highest BCUT2D eigenvalue weighted by molar-refractivity contribution is 5.97. The summed E-state index contributed by atoms with van der Waals surface area (Å²) in [6, 6.07) is 17.3. The third-order valence-corrected chi connectivity index (χ3v) is 10.2. The number of anilines is 2. The molecule has 0 amide bonds. The van der Waals surface area contributed by atoms with Gasteiger partial charge in [-0.3, -0.25) is 9.80 Å². The molecule has 0 spiro atoms. The fraction of sp³-hybridized carbons (Fsp3) is 0.559. The Balaban J connectivity index is 1.19. The minimum absolute atomic E-state index is 0.202. The number of hydrogen-bond donors (Lipinski definition) is 0. The Morgan fingerprint density at radius 2 is 1.77 bits per heavy atom. The van der Waals surface area contributed by atoms with Crippen molar-refractivity contribution in [1.82, 2.24) is 24.7 Å². The number of likely N-dealkylation sites (tertiary alicyclic amines) is 1. The van der Waals surface area contributed by atoms with Gasteiger partial charge in [0.15, 0.2) is 0 Å². The second-order valence-corrected chi connectivity index (χ2v) is 13.0. The van der Waals surface area contributed by atoms with Gasteiger partial charge in [0, 0.05) is 74.0 Å². The van der Waals surface area contributed by atoms with E-state index in [2.05, 4.69) is 88.0 Å². The van der Waals surface area contributed by atoms with Crippen molar-refractivity contribution in [1.29, 1.82) is 5.26 Å². The number of nitrogens with zero attached hydrogens (tertiary/aromatic N) is 8. The molecule has 7 rings (SSSR count). The molecule has 9 heteroatoms. The van der Waals surface area contributed by atoms with Gasteiger partial charge in [-0.25, -0.2) is 0 Å². The van der Waals surface area contributed by atoms with E-state index >= 15 is 0 Å². The van der Waals surface area contributed by atoms with Gasteiger partial charge in [-0.1, -0.05) is 30.3 Å². The SMILES string of the molecule is Cc1cccc2cccc(N3CCc4c(nc(OC[C@@H]5CCCN5C)nc4N4CCN(C[C@@H]5CN5C)[C@@H](CC#N)C4)C3)c12. The Kier molecular flexibility index (Phi) is 7.85. The average Bonchev–Trinajstić information content (AvgIpc) is 3.55. The van der Waals surface area contributed by atoms with Crippen LogP contribution in [0.3, 0.4) is 0 Å². The van der Waals surface area contributed by atoms with Crippen LogP contribution in [0, 0.1) is 18.3 Å². The zero-order chi connectivity index (χ0) is 29.5. The van der Waals surface area contributed by atoms with Gasteiger partial charge >= 0.3 is 6.01 Å². The fourth-order valence-corrected chi connectivity index (χ4v) is 7.43. The summed E-state index contributed by atoms with van der Waals surface area (Å²) in [6.45, 7) is 10.4. The topological polar surface area (TPSA) is 74.8 Å². The molecule has 0 saturated carbocycles. The van der Waals surface area contributed by atoms with Crippen LogP contribution in [0.2, 0.25) is 0 Å². The Labute approximate surface area is 255 Å². The van der Waals surface area contributed by atoms with Gasteiger partial charge in [-0.15, -0.1) is 0 Å². The van der Waals surface area contributed by atoms with Crippen molar-refractivity contribution >= 4 is 22.3 Å². The van der Waals surface area contributed by atoms with E-state index in [1.165, 1.54) is 34.0 Å². The van der Waals surface area contributed by atoms with Crippen LogP contribution in [0.1, 0.15) is 36.1 Å². The number of nitriles is 1. The lowest BCUT2D eigenvalue weighted by Crippen LogP contribution is -2.54. The van der Waals surface area contributed by atoms with Crippen LogP contribution in [0.25, 0.3) is 10.8 Å². The predicted molar refractivity (Wildman–Crippen MR) is 171 cm³/mol. The molecule has 4 aliphatic heterocycles. The first-order valence-electron chi connectivity index (χ1n) is 16.0. The lowest BCUT2D eigenvalue weighted by molar-refractivity contribution is 0.173. The minimum atomic E-state index is 0.202. The van der Waals surface area contributed by atoms with E-state index in [1.807, 2.05) is 0 Å². The molecule has 5 heterocycles. The Bertz CT molecular complexity index is 1520. The van der Waals surface area contributed by atoms with Crippen molar-refractivity contribution in [3.05, 3.63) is 53.2 Å². The third kappa shape index (κ3) is 5.76. The quantitative estimate of drug-likeness (QED) is 0.371. The minimum Gasteiger partial charge on any atom is -0.462 e. The molecule has 4 atom stereocenters. The summed E-state index contributed by atoms with van der Waals surface area (Å²) in [4.78, 5) is 22.4. The molecular weight excluding hydrogens is 536 g/mol. The monoisotopic (exact) mass is 580 g/mol. The van der Waals surface area contributed by atoms with Crippen molar-refractivity contribution in [2.24, 2.45) is 0 Å². The molecule has 3 fully saturated rings. The molecule has 43 heavy (non-hydrogen) atoms. The number of piperazine rings is 1. The summed E-state index contributed by atoms with van der Waals surface area (Å²) in [5, 5.41) is 12.3. The molecule has 0 N–H and O–H groups in total. The third-order valence-electron chi connectivity index (χ3n) is 10.2. The number of aromatic nitrogens is 2. The second-order valence-electron chi connectivity index (χ2n) is 13.0. The molecule has 226 valence electrons. The average molecular weight is 581 g/mol. The summed E-state index contributed by atoms with van der Waals surface area (Å²) in [7, 11) is 4.36. The van der Waals surface area contributed by atoms with Crippen LogP contribution < -0.4 is 14.5 Å². The molecule has 2 aromatic carbocycles. The van der Waals surface area contributed by atoms with E-state index in [1.54, 1.807) is 0 Å². The van der Waals surface area contributed by atoms with E-state index in [9.17, 15) is 5.26 Å². The van der Waals surface area contributed by atoms with Crippen LogP contribution in [0.15, 0.2) is 36.4 Å². The molecule has 0 bridgehead atoms. The normalized spacial score (nSPS) is 26.0. The fourth-order valence-electron chi connectivity index (χ4n) is 7.43. The number of fused-ring (bicyclic) bond motifs is 2. The van der Waals surface area contributed by atoms with E-state index in [4.69, 9.17) is 14.7 Å². The molecule has 4 aliphatic rings. The van der Waals surface area contributed by atoms with Crippen molar-refractivity contribution in [2.45, 2.75) is 57.3 Å². The maximum Gasteiger partial charge on any atom is 0.318 e. The predicted octanol–water partition coefficient (Wildman–Crippen LogP) is 3.69. The molecule has 3 saturated heterocycles. The molecule has 0 aliphatic carbocycles. The van der Waals surface area contributed by atoms with Gasteiger partial charge in [0.05, 0.1) is 24.7 Å². The highest BCUT2D eigenvalue weighted by Crippen LogP contribution is 2.36. The van der Waals surface area contributed by atoms with Crippen molar-refractivity contribution in [3.63, 3.8) is 0 Å². The van der Waals surface area contributed by atoms with Crippen molar-refractivity contribution in [3.8, 4) is 12.1 Å². The first-order chi connectivity index (χ1) is 21.0. The lowest BCUT2D eigenvalue weighted by Gasteiger charge is -2.42. The molecule has 1 unspecified atom stereocenters. The molecule has 1 aromatic heterocycles. The smallest absolute Gasteiger partial charge is 0.318 e. The van der Waals surface area contributed by atoms with Gasteiger partial charge in [-0.2, -0.15) is 15.2 Å². The maximum atomic E-state index is 9.70. The summed E-state index contributed by atoms with van der Waals surface area (Å²) >= 11 is 0. The van der Waals surface area contributed by atoms with Gasteiger partial charge in [-0.05, 0) is 63.8 Å². The Morgan fingerprint density at radius 3 is 2.53 bits per heavy atom. The van der Waals surface area contributed by atoms with Gasteiger partial charge in [0.2, 0.25) is 0 Å². The van der Waals surface area contributed by atoms with E-state index in [0.29, 0.717) is 31.1 Å². The zero-order valence-electron chi connectivity index (χ0n) is 25.9. The van der Waals surface area contributed by atoms with Crippen LogP contribution in [-0.4, -0.2) is 109 Å². The van der Waals surface area contributed by atoms with Crippen molar-refractivity contribution < 1.29 is 4.74 Å². The Hall–Kier alpha value is -3.45. The molecule has 0 radical (unpaired) electrons. The number of ether oxygens (including phenoxy) is 1. The van der Waals surface area contributed by atoms with Crippen LogP contribution in [0.4, 0.5) is 11.5 Å².